The monoisotopic (exact) mass is 336 g/mol. The van der Waals surface area contributed by atoms with Gasteiger partial charge < -0.3 is 10.2 Å². The van der Waals surface area contributed by atoms with Crippen LogP contribution in [0.25, 0.3) is 0 Å². The SMILES string of the molecule is Cc1cccc(C(C)C)c1NC(=O)c1cccc(N2CCCC2=O)c1. The molecule has 0 aliphatic carbocycles. The first-order valence-electron chi connectivity index (χ1n) is 8.78. The largest absolute Gasteiger partial charge is 0.321 e. The van der Waals surface area contributed by atoms with E-state index in [-0.39, 0.29) is 11.8 Å². The lowest BCUT2D eigenvalue weighted by molar-refractivity contribution is -0.117. The van der Waals surface area contributed by atoms with Crippen molar-refractivity contribution in [1.29, 1.82) is 0 Å². The fraction of sp³-hybridized carbons (Fsp3) is 0.333. The molecule has 0 radical (unpaired) electrons. The Morgan fingerprint density at radius 2 is 1.92 bits per heavy atom. The number of amides is 2. The number of nitrogens with one attached hydrogen (secondary N) is 1. The molecular formula is C21H24N2O2. The maximum absolute atomic E-state index is 12.8. The molecule has 0 spiro atoms. The molecular weight excluding hydrogens is 312 g/mol. The number of para-hydroxylation sites is 1. The zero-order chi connectivity index (χ0) is 18.0. The number of hydrogen-bond donors (Lipinski definition) is 1. The van der Waals surface area contributed by atoms with Crippen molar-refractivity contribution in [3.05, 3.63) is 59.2 Å². The van der Waals surface area contributed by atoms with Gasteiger partial charge in [0.25, 0.3) is 5.91 Å². The van der Waals surface area contributed by atoms with Crippen molar-refractivity contribution in [2.45, 2.75) is 39.5 Å². The lowest BCUT2D eigenvalue weighted by Crippen LogP contribution is -2.24. The summed E-state index contributed by atoms with van der Waals surface area (Å²) in [5.41, 5.74) is 4.41. The van der Waals surface area contributed by atoms with E-state index in [1.807, 2.05) is 37.3 Å². The van der Waals surface area contributed by atoms with E-state index in [4.69, 9.17) is 0 Å². The highest BCUT2D eigenvalue weighted by Gasteiger charge is 2.22. The number of carbonyl (C=O) groups excluding carboxylic acids is 2. The van der Waals surface area contributed by atoms with Crippen LogP contribution >= 0.6 is 0 Å². The fourth-order valence-electron chi connectivity index (χ4n) is 3.26. The molecule has 4 heteroatoms. The summed E-state index contributed by atoms with van der Waals surface area (Å²) in [6, 6.07) is 13.4. The Bertz CT molecular complexity index is 811. The summed E-state index contributed by atoms with van der Waals surface area (Å²) in [4.78, 5) is 26.5. The van der Waals surface area contributed by atoms with Crippen molar-refractivity contribution in [3.8, 4) is 0 Å². The van der Waals surface area contributed by atoms with Gasteiger partial charge in [0, 0.05) is 29.9 Å². The Balaban J connectivity index is 1.87. The topological polar surface area (TPSA) is 49.4 Å². The third-order valence-corrected chi connectivity index (χ3v) is 4.66. The van der Waals surface area contributed by atoms with Gasteiger partial charge in [0.1, 0.15) is 0 Å². The standard InChI is InChI=1S/C21H24N2O2/c1-14(2)18-10-4-7-15(3)20(18)22-21(25)16-8-5-9-17(13-16)23-12-6-11-19(23)24/h4-5,7-10,13-14H,6,11-12H2,1-3H3,(H,22,25). The minimum atomic E-state index is -0.148. The summed E-state index contributed by atoms with van der Waals surface area (Å²) in [5.74, 6) is 0.298. The molecule has 25 heavy (non-hydrogen) atoms. The van der Waals surface area contributed by atoms with Crippen LogP contribution in [0.4, 0.5) is 11.4 Å². The van der Waals surface area contributed by atoms with Gasteiger partial charge >= 0.3 is 0 Å². The van der Waals surface area contributed by atoms with Crippen LogP contribution in [0.3, 0.4) is 0 Å². The summed E-state index contributed by atoms with van der Waals surface area (Å²) >= 11 is 0. The lowest BCUT2D eigenvalue weighted by atomic mass is 9.98. The van der Waals surface area contributed by atoms with E-state index >= 15 is 0 Å². The van der Waals surface area contributed by atoms with Crippen molar-refractivity contribution < 1.29 is 9.59 Å². The Labute approximate surface area is 148 Å². The van der Waals surface area contributed by atoms with Crippen molar-refractivity contribution >= 4 is 23.2 Å². The lowest BCUT2D eigenvalue weighted by Gasteiger charge is -2.18. The molecule has 1 heterocycles. The minimum Gasteiger partial charge on any atom is -0.321 e. The van der Waals surface area contributed by atoms with Crippen LogP contribution in [0.5, 0.6) is 0 Å². The summed E-state index contributed by atoms with van der Waals surface area (Å²) in [7, 11) is 0. The molecule has 4 nitrogen and oxygen atoms in total. The fourth-order valence-corrected chi connectivity index (χ4v) is 3.26. The molecule has 1 aliphatic rings. The number of nitrogens with zero attached hydrogens (tertiary/aromatic N) is 1. The third-order valence-electron chi connectivity index (χ3n) is 4.66. The van der Waals surface area contributed by atoms with Crippen LogP contribution in [-0.2, 0) is 4.79 Å². The molecule has 2 aromatic rings. The third kappa shape index (κ3) is 3.58. The van der Waals surface area contributed by atoms with E-state index in [1.54, 1.807) is 17.0 Å². The number of rotatable bonds is 4. The number of carbonyl (C=O) groups is 2. The van der Waals surface area contributed by atoms with Crippen molar-refractivity contribution in [3.63, 3.8) is 0 Å². The van der Waals surface area contributed by atoms with E-state index in [1.165, 1.54) is 0 Å². The highest BCUT2D eigenvalue weighted by atomic mass is 16.2. The average molecular weight is 336 g/mol. The molecule has 3 rings (SSSR count). The molecule has 1 saturated heterocycles. The number of anilines is 2. The second kappa shape index (κ2) is 7.09. The molecule has 0 bridgehead atoms. The molecule has 130 valence electrons. The Hall–Kier alpha value is -2.62. The number of hydrogen-bond acceptors (Lipinski definition) is 2. The molecule has 0 unspecified atom stereocenters. The first-order valence-corrected chi connectivity index (χ1v) is 8.78. The highest BCUT2D eigenvalue weighted by molar-refractivity contribution is 6.06. The quantitative estimate of drug-likeness (QED) is 0.894. The van der Waals surface area contributed by atoms with Gasteiger partial charge in [-0.25, -0.2) is 0 Å². The van der Waals surface area contributed by atoms with Gasteiger partial charge in [0.2, 0.25) is 5.91 Å². The zero-order valence-corrected chi connectivity index (χ0v) is 15.0. The van der Waals surface area contributed by atoms with E-state index < -0.39 is 0 Å². The summed E-state index contributed by atoms with van der Waals surface area (Å²) < 4.78 is 0. The van der Waals surface area contributed by atoms with Crippen molar-refractivity contribution in [2.24, 2.45) is 0 Å². The molecule has 2 amide bonds. The van der Waals surface area contributed by atoms with Crippen LogP contribution in [0.2, 0.25) is 0 Å². The zero-order valence-electron chi connectivity index (χ0n) is 15.0. The van der Waals surface area contributed by atoms with Crippen LogP contribution in [0.1, 0.15) is 54.1 Å². The van der Waals surface area contributed by atoms with Crippen LogP contribution in [-0.4, -0.2) is 18.4 Å². The Kier molecular flexibility index (Phi) is 4.88. The van der Waals surface area contributed by atoms with E-state index in [9.17, 15) is 9.59 Å². The smallest absolute Gasteiger partial charge is 0.255 e. The first kappa shape index (κ1) is 17.2. The molecule has 1 N–H and O–H groups in total. The predicted octanol–water partition coefficient (Wildman–Crippen LogP) is 4.50. The summed E-state index contributed by atoms with van der Waals surface area (Å²) in [6.07, 6.45) is 1.45. The second-order valence-corrected chi connectivity index (χ2v) is 6.85. The van der Waals surface area contributed by atoms with Gasteiger partial charge in [0.15, 0.2) is 0 Å². The average Bonchev–Trinajstić information content (AvgIpc) is 3.02. The van der Waals surface area contributed by atoms with Gasteiger partial charge in [0.05, 0.1) is 0 Å². The van der Waals surface area contributed by atoms with Gasteiger partial charge in [-0.2, -0.15) is 0 Å². The summed E-state index contributed by atoms with van der Waals surface area (Å²) in [5, 5.41) is 3.06. The van der Waals surface area contributed by atoms with Gasteiger partial charge in [-0.1, -0.05) is 38.1 Å². The van der Waals surface area contributed by atoms with Gasteiger partial charge in [-0.3, -0.25) is 9.59 Å². The normalized spacial score (nSPS) is 14.2. The van der Waals surface area contributed by atoms with Crippen LogP contribution in [0.15, 0.2) is 42.5 Å². The molecule has 1 aliphatic heterocycles. The predicted molar refractivity (Wildman–Crippen MR) is 101 cm³/mol. The maximum Gasteiger partial charge on any atom is 0.255 e. The highest BCUT2D eigenvalue weighted by Crippen LogP contribution is 2.28. The first-order chi connectivity index (χ1) is 12.0. The van der Waals surface area contributed by atoms with E-state index in [0.29, 0.717) is 17.9 Å². The minimum absolute atomic E-state index is 0.124. The van der Waals surface area contributed by atoms with Crippen molar-refractivity contribution in [1.82, 2.24) is 0 Å². The van der Waals surface area contributed by atoms with Crippen LogP contribution in [0, 0.1) is 6.92 Å². The molecule has 1 fully saturated rings. The Morgan fingerprint density at radius 3 is 2.60 bits per heavy atom. The van der Waals surface area contributed by atoms with Crippen LogP contribution < -0.4 is 10.2 Å². The number of aryl methyl sites for hydroxylation is 1. The molecule has 2 aromatic carbocycles. The van der Waals surface area contributed by atoms with E-state index in [2.05, 4.69) is 19.2 Å². The van der Waals surface area contributed by atoms with Gasteiger partial charge in [-0.05, 0) is 48.6 Å². The Morgan fingerprint density at radius 1 is 1.16 bits per heavy atom. The number of benzene rings is 2. The van der Waals surface area contributed by atoms with Crippen molar-refractivity contribution in [2.75, 3.05) is 16.8 Å². The molecule has 0 saturated carbocycles. The second-order valence-electron chi connectivity index (χ2n) is 6.85. The molecule has 0 atom stereocenters. The molecule has 0 aromatic heterocycles. The maximum atomic E-state index is 12.8. The van der Waals surface area contributed by atoms with Gasteiger partial charge in [-0.15, -0.1) is 0 Å². The summed E-state index contributed by atoms with van der Waals surface area (Å²) in [6.45, 7) is 6.95. The van der Waals surface area contributed by atoms with E-state index in [0.717, 1.165) is 35.5 Å².